The molecule has 0 heterocycles. The van der Waals surface area contributed by atoms with Crippen LogP contribution >= 0.6 is 0 Å². The molecule has 0 aliphatic carbocycles. The first-order chi connectivity index (χ1) is 17.4. The number of ether oxygens (including phenoxy) is 3. The van der Waals surface area contributed by atoms with Crippen LogP contribution in [0.2, 0.25) is 0 Å². The van der Waals surface area contributed by atoms with Crippen LogP contribution in [0.1, 0.15) is 35.7 Å². The second-order valence-electron chi connectivity index (χ2n) is 7.52. The van der Waals surface area contributed by atoms with Gasteiger partial charge in [-0.25, -0.2) is 10.2 Å². The Morgan fingerprint density at radius 2 is 1.53 bits per heavy atom. The van der Waals surface area contributed by atoms with E-state index in [0.29, 0.717) is 35.0 Å². The molecule has 0 saturated carbocycles. The molecule has 0 unspecified atom stereocenters. The maximum absolute atomic E-state index is 12.3. The summed E-state index contributed by atoms with van der Waals surface area (Å²) in [6.07, 6.45) is 3.44. The van der Waals surface area contributed by atoms with Crippen molar-refractivity contribution in [1.82, 2.24) is 5.43 Å². The summed E-state index contributed by atoms with van der Waals surface area (Å²) < 4.78 is 16.2. The van der Waals surface area contributed by atoms with Gasteiger partial charge in [-0.3, -0.25) is 14.9 Å². The number of hydrogen-bond donors (Lipinski definition) is 1. The topological polar surface area (TPSA) is 129 Å². The molecule has 3 aromatic rings. The number of rotatable bonds is 12. The van der Waals surface area contributed by atoms with Gasteiger partial charge in [0.2, 0.25) is 0 Å². The van der Waals surface area contributed by atoms with Crippen LogP contribution in [-0.2, 0) is 4.79 Å². The van der Waals surface area contributed by atoms with Crippen molar-refractivity contribution in [2.24, 2.45) is 5.10 Å². The second kappa shape index (κ2) is 13.2. The Kier molecular flexibility index (Phi) is 9.51. The van der Waals surface area contributed by atoms with E-state index < -0.39 is 16.8 Å². The molecule has 3 rings (SSSR count). The van der Waals surface area contributed by atoms with E-state index in [1.54, 1.807) is 48.5 Å². The lowest BCUT2D eigenvalue weighted by Crippen LogP contribution is -2.24. The van der Waals surface area contributed by atoms with E-state index >= 15 is 0 Å². The van der Waals surface area contributed by atoms with Gasteiger partial charge in [-0.05, 0) is 72.6 Å². The Morgan fingerprint density at radius 1 is 0.917 bits per heavy atom. The average molecular weight is 492 g/mol. The quantitative estimate of drug-likeness (QED) is 0.0984. The number of amides is 1. The fraction of sp³-hybridized carbons (Fsp3) is 0.192. The number of hydrogen-bond acceptors (Lipinski definition) is 8. The monoisotopic (exact) mass is 491 g/mol. The van der Waals surface area contributed by atoms with Crippen LogP contribution in [0.5, 0.6) is 17.2 Å². The van der Waals surface area contributed by atoms with Crippen LogP contribution in [0.25, 0.3) is 0 Å². The molecule has 0 radical (unpaired) electrons. The molecule has 1 N–H and O–H groups in total. The number of nitro groups is 1. The van der Waals surface area contributed by atoms with Crippen molar-refractivity contribution in [3.63, 3.8) is 0 Å². The molecular formula is C26H25N3O7. The summed E-state index contributed by atoms with van der Waals surface area (Å²) in [5.74, 6) is 0.393. The van der Waals surface area contributed by atoms with Crippen molar-refractivity contribution in [3.05, 3.63) is 94.0 Å². The van der Waals surface area contributed by atoms with Gasteiger partial charge in [0.05, 0.1) is 23.3 Å². The van der Waals surface area contributed by atoms with E-state index in [1.165, 1.54) is 30.5 Å². The van der Waals surface area contributed by atoms with Crippen molar-refractivity contribution in [3.8, 4) is 17.2 Å². The first-order valence-corrected chi connectivity index (χ1v) is 11.2. The van der Waals surface area contributed by atoms with Gasteiger partial charge < -0.3 is 14.2 Å². The number of esters is 1. The van der Waals surface area contributed by atoms with E-state index in [9.17, 15) is 19.7 Å². The van der Waals surface area contributed by atoms with Gasteiger partial charge in [0.25, 0.3) is 11.6 Å². The summed E-state index contributed by atoms with van der Waals surface area (Å²) in [5.41, 5.74) is 3.32. The van der Waals surface area contributed by atoms with Gasteiger partial charge in [-0.15, -0.1) is 0 Å². The third kappa shape index (κ3) is 8.24. The maximum atomic E-state index is 12.3. The predicted molar refractivity (Wildman–Crippen MR) is 133 cm³/mol. The van der Waals surface area contributed by atoms with Crippen LogP contribution < -0.4 is 19.6 Å². The van der Waals surface area contributed by atoms with Gasteiger partial charge in [0.1, 0.15) is 17.2 Å². The smallest absolute Gasteiger partial charge is 0.343 e. The van der Waals surface area contributed by atoms with Crippen molar-refractivity contribution in [2.45, 2.75) is 19.8 Å². The van der Waals surface area contributed by atoms with Crippen molar-refractivity contribution in [1.29, 1.82) is 0 Å². The minimum atomic E-state index is -0.523. The van der Waals surface area contributed by atoms with E-state index in [0.717, 1.165) is 12.8 Å². The van der Waals surface area contributed by atoms with Gasteiger partial charge >= 0.3 is 5.97 Å². The van der Waals surface area contributed by atoms with Crippen LogP contribution in [0, 0.1) is 10.1 Å². The first-order valence-electron chi connectivity index (χ1n) is 11.2. The number of unbranched alkanes of at least 4 members (excludes halogenated alkanes) is 1. The van der Waals surface area contributed by atoms with Crippen molar-refractivity contribution < 1.29 is 28.7 Å². The minimum absolute atomic E-state index is 0.0703. The summed E-state index contributed by atoms with van der Waals surface area (Å²) in [5, 5.41) is 14.5. The first kappa shape index (κ1) is 25.9. The fourth-order valence-electron chi connectivity index (χ4n) is 2.83. The molecule has 0 bridgehead atoms. The second-order valence-corrected chi connectivity index (χ2v) is 7.52. The molecule has 36 heavy (non-hydrogen) atoms. The van der Waals surface area contributed by atoms with E-state index in [2.05, 4.69) is 17.5 Å². The summed E-state index contributed by atoms with van der Waals surface area (Å²) in [6.45, 7) is 2.41. The molecule has 0 aliphatic heterocycles. The lowest BCUT2D eigenvalue weighted by atomic mass is 10.2. The largest absolute Gasteiger partial charge is 0.494 e. The third-order valence-electron chi connectivity index (χ3n) is 4.77. The Labute approximate surface area is 207 Å². The highest BCUT2D eigenvalue weighted by Gasteiger charge is 2.09. The standard InChI is InChI=1S/C26H25N3O7/c1-2-3-16-34-22-12-6-20(7-13-22)26(31)36-24-10-4-19(5-11-24)17-27-28-25(30)18-35-23-14-8-21(9-15-23)29(32)33/h4-15,17H,2-3,16,18H2,1H3,(H,28,30). The molecule has 0 fully saturated rings. The highest BCUT2D eigenvalue weighted by Crippen LogP contribution is 2.18. The van der Waals surface area contributed by atoms with E-state index in [-0.39, 0.29) is 12.3 Å². The van der Waals surface area contributed by atoms with E-state index in [1.807, 2.05) is 0 Å². The van der Waals surface area contributed by atoms with Crippen LogP contribution in [0.3, 0.4) is 0 Å². The van der Waals surface area contributed by atoms with Gasteiger partial charge in [-0.1, -0.05) is 13.3 Å². The molecular weight excluding hydrogens is 466 g/mol. The fourth-order valence-corrected chi connectivity index (χ4v) is 2.83. The van der Waals surface area contributed by atoms with Crippen LogP contribution in [0.4, 0.5) is 5.69 Å². The highest BCUT2D eigenvalue weighted by atomic mass is 16.6. The SMILES string of the molecule is CCCCOc1ccc(C(=O)Oc2ccc(C=NNC(=O)COc3ccc([N+](=O)[O-])cc3)cc2)cc1. The van der Waals surface area contributed by atoms with Crippen molar-refractivity contribution in [2.75, 3.05) is 13.2 Å². The molecule has 3 aromatic carbocycles. The number of carbonyl (C=O) groups excluding carboxylic acids is 2. The molecule has 10 nitrogen and oxygen atoms in total. The normalized spacial score (nSPS) is 10.6. The van der Waals surface area contributed by atoms with Gasteiger partial charge in [0, 0.05) is 12.1 Å². The third-order valence-corrected chi connectivity index (χ3v) is 4.77. The van der Waals surface area contributed by atoms with Crippen molar-refractivity contribution >= 4 is 23.8 Å². The summed E-state index contributed by atoms with van der Waals surface area (Å²) in [7, 11) is 0. The molecule has 1 amide bonds. The van der Waals surface area contributed by atoms with Crippen LogP contribution in [0.15, 0.2) is 77.9 Å². The zero-order chi connectivity index (χ0) is 25.8. The molecule has 10 heteroatoms. The lowest BCUT2D eigenvalue weighted by Gasteiger charge is -2.07. The summed E-state index contributed by atoms with van der Waals surface area (Å²) >= 11 is 0. The highest BCUT2D eigenvalue weighted by molar-refractivity contribution is 5.91. The van der Waals surface area contributed by atoms with E-state index in [4.69, 9.17) is 14.2 Å². The number of hydrazone groups is 1. The molecule has 0 atom stereocenters. The van der Waals surface area contributed by atoms with Crippen LogP contribution in [-0.4, -0.2) is 36.2 Å². The molecule has 0 spiro atoms. The minimum Gasteiger partial charge on any atom is -0.494 e. The number of carbonyl (C=O) groups is 2. The molecule has 0 aliphatic rings. The summed E-state index contributed by atoms with van der Waals surface area (Å²) in [6, 6.07) is 18.7. The molecule has 186 valence electrons. The number of nitrogens with zero attached hydrogens (tertiary/aromatic N) is 2. The number of non-ortho nitro benzene ring substituents is 1. The van der Waals surface area contributed by atoms with Gasteiger partial charge in [-0.2, -0.15) is 5.10 Å². The predicted octanol–water partition coefficient (Wildman–Crippen LogP) is 4.52. The Morgan fingerprint density at radius 3 is 2.17 bits per heavy atom. The summed E-state index contributed by atoms with van der Waals surface area (Å²) in [4.78, 5) is 34.3. The number of nitrogens with one attached hydrogen (secondary N) is 1. The Balaban J connectivity index is 1.42. The lowest BCUT2D eigenvalue weighted by molar-refractivity contribution is -0.384. The molecule has 0 saturated heterocycles. The zero-order valence-electron chi connectivity index (χ0n) is 19.6. The molecule has 0 aromatic heterocycles. The average Bonchev–Trinajstić information content (AvgIpc) is 2.89. The number of nitro benzene ring substituents is 1. The van der Waals surface area contributed by atoms with Gasteiger partial charge in [0.15, 0.2) is 6.61 Å². The Hall–Kier alpha value is -4.73. The zero-order valence-corrected chi connectivity index (χ0v) is 19.6. The Bertz CT molecular complexity index is 1190. The number of benzene rings is 3. The maximum Gasteiger partial charge on any atom is 0.343 e.